The first kappa shape index (κ1) is 10.8. The summed E-state index contributed by atoms with van der Waals surface area (Å²) in [7, 11) is 1.49. The van der Waals surface area contributed by atoms with Crippen LogP contribution in [0.2, 0.25) is 5.02 Å². The van der Waals surface area contributed by atoms with Crippen LogP contribution in [-0.4, -0.2) is 29.8 Å². The smallest absolute Gasteiger partial charge is 0.323 e. The lowest BCUT2D eigenvalue weighted by Crippen LogP contribution is -2.31. The van der Waals surface area contributed by atoms with Gasteiger partial charge in [-0.05, 0) is 24.3 Å². The Labute approximate surface area is 87.1 Å². The molecular weight excluding hydrogens is 204 g/mol. The quantitative estimate of drug-likeness (QED) is 0.737. The fourth-order valence-corrected chi connectivity index (χ4v) is 0.942. The number of amides is 2. The van der Waals surface area contributed by atoms with Crippen LogP contribution in [0, 0.1) is 0 Å². The number of rotatable bonds is 2. The molecule has 0 unspecified atom stereocenters. The maximum absolute atomic E-state index is 11.3. The highest BCUT2D eigenvalue weighted by Crippen LogP contribution is 2.13. The van der Waals surface area contributed by atoms with Gasteiger partial charge in [0.2, 0.25) is 0 Å². The summed E-state index contributed by atoms with van der Waals surface area (Å²) in [5.74, 6) is 0. The molecular formula is C9H11ClN2O2. The highest BCUT2D eigenvalue weighted by molar-refractivity contribution is 6.30. The fourth-order valence-electron chi connectivity index (χ4n) is 0.816. The average molecular weight is 215 g/mol. The molecule has 1 aromatic rings. The van der Waals surface area contributed by atoms with Crippen molar-refractivity contribution in [1.82, 2.24) is 4.90 Å². The lowest BCUT2D eigenvalue weighted by molar-refractivity contribution is 0.149. The van der Waals surface area contributed by atoms with E-state index >= 15 is 0 Å². The number of anilines is 1. The number of benzene rings is 1. The highest BCUT2D eigenvalue weighted by Gasteiger charge is 2.06. The Kier molecular flexibility index (Phi) is 3.73. The first-order valence-corrected chi connectivity index (χ1v) is 4.40. The van der Waals surface area contributed by atoms with Crippen molar-refractivity contribution in [2.24, 2.45) is 0 Å². The molecule has 2 amide bonds. The van der Waals surface area contributed by atoms with E-state index in [9.17, 15) is 4.79 Å². The largest absolute Gasteiger partial charge is 0.376 e. The van der Waals surface area contributed by atoms with E-state index in [1.54, 1.807) is 24.3 Å². The zero-order valence-electron chi connectivity index (χ0n) is 7.70. The van der Waals surface area contributed by atoms with E-state index in [2.05, 4.69) is 5.32 Å². The van der Waals surface area contributed by atoms with Crippen LogP contribution in [0.15, 0.2) is 24.3 Å². The summed E-state index contributed by atoms with van der Waals surface area (Å²) in [4.78, 5) is 12.4. The van der Waals surface area contributed by atoms with Crippen LogP contribution in [0.25, 0.3) is 0 Å². The van der Waals surface area contributed by atoms with E-state index in [0.717, 1.165) is 4.90 Å². The molecule has 2 N–H and O–H groups in total. The molecule has 0 bridgehead atoms. The van der Waals surface area contributed by atoms with Crippen molar-refractivity contribution in [1.29, 1.82) is 0 Å². The van der Waals surface area contributed by atoms with Crippen LogP contribution >= 0.6 is 11.6 Å². The minimum atomic E-state index is -0.366. The number of hydrogen-bond donors (Lipinski definition) is 2. The number of nitrogens with one attached hydrogen (secondary N) is 1. The molecule has 0 saturated heterocycles. The maximum Gasteiger partial charge on any atom is 0.323 e. The molecule has 0 aromatic heterocycles. The molecule has 0 aliphatic rings. The summed E-state index contributed by atoms with van der Waals surface area (Å²) in [5, 5.41) is 11.9. The van der Waals surface area contributed by atoms with Gasteiger partial charge in [0.05, 0.1) is 0 Å². The van der Waals surface area contributed by atoms with Gasteiger partial charge in [-0.1, -0.05) is 11.6 Å². The third kappa shape index (κ3) is 2.90. The number of hydrogen-bond acceptors (Lipinski definition) is 2. The Morgan fingerprint density at radius 3 is 2.57 bits per heavy atom. The highest BCUT2D eigenvalue weighted by atomic mass is 35.5. The van der Waals surface area contributed by atoms with Gasteiger partial charge in [-0.15, -0.1) is 0 Å². The Balaban J connectivity index is 2.60. The summed E-state index contributed by atoms with van der Waals surface area (Å²) < 4.78 is 0. The van der Waals surface area contributed by atoms with E-state index in [1.165, 1.54) is 7.05 Å². The minimum absolute atomic E-state index is 0.320. The lowest BCUT2D eigenvalue weighted by atomic mass is 10.3. The minimum Gasteiger partial charge on any atom is -0.376 e. The number of carbonyl (C=O) groups is 1. The average Bonchev–Trinajstić information content (AvgIpc) is 2.20. The van der Waals surface area contributed by atoms with Crippen molar-refractivity contribution in [2.45, 2.75) is 0 Å². The van der Waals surface area contributed by atoms with Gasteiger partial charge < -0.3 is 15.3 Å². The van der Waals surface area contributed by atoms with Gasteiger partial charge in [-0.2, -0.15) is 0 Å². The third-order valence-electron chi connectivity index (χ3n) is 1.65. The number of urea groups is 1. The zero-order valence-corrected chi connectivity index (χ0v) is 8.45. The lowest BCUT2D eigenvalue weighted by Gasteiger charge is -2.14. The summed E-state index contributed by atoms with van der Waals surface area (Å²) in [5.41, 5.74) is 0.639. The van der Waals surface area contributed by atoms with Gasteiger partial charge in [-0.25, -0.2) is 4.79 Å². The third-order valence-corrected chi connectivity index (χ3v) is 1.91. The maximum atomic E-state index is 11.3. The molecule has 1 rings (SSSR count). The van der Waals surface area contributed by atoms with Crippen molar-refractivity contribution in [3.05, 3.63) is 29.3 Å². The van der Waals surface area contributed by atoms with Gasteiger partial charge in [-0.3, -0.25) is 0 Å². The Bertz CT molecular complexity index is 313. The Morgan fingerprint density at radius 1 is 1.50 bits per heavy atom. The van der Waals surface area contributed by atoms with Crippen LogP contribution < -0.4 is 5.32 Å². The fraction of sp³-hybridized carbons (Fsp3) is 0.222. The molecule has 76 valence electrons. The summed E-state index contributed by atoms with van der Waals surface area (Å²) in [6.45, 7) is -0.320. The Morgan fingerprint density at radius 2 is 2.07 bits per heavy atom. The first-order valence-electron chi connectivity index (χ1n) is 4.02. The van der Waals surface area contributed by atoms with E-state index in [-0.39, 0.29) is 12.8 Å². The van der Waals surface area contributed by atoms with Crippen molar-refractivity contribution in [2.75, 3.05) is 19.1 Å². The van der Waals surface area contributed by atoms with Gasteiger partial charge in [0.15, 0.2) is 0 Å². The van der Waals surface area contributed by atoms with E-state index in [0.29, 0.717) is 10.7 Å². The number of aliphatic hydroxyl groups excluding tert-OH is 1. The monoisotopic (exact) mass is 214 g/mol. The molecule has 0 aliphatic carbocycles. The van der Waals surface area contributed by atoms with Gasteiger partial charge in [0.1, 0.15) is 6.73 Å². The number of nitrogens with zero attached hydrogens (tertiary/aromatic N) is 1. The van der Waals surface area contributed by atoms with Gasteiger partial charge >= 0.3 is 6.03 Å². The predicted octanol–water partition coefficient (Wildman–Crippen LogP) is 1.75. The van der Waals surface area contributed by atoms with E-state index in [4.69, 9.17) is 16.7 Å². The molecule has 4 nitrogen and oxygen atoms in total. The number of carbonyl (C=O) groups excluding carboxylic acids is 1. The summed E-state index contributed by atoms with van der Waals surface area (Å²) in [6, 6.07) is 6.36. The molecule has 14 heavy (non-hydrogen) atoms. The van der Waals surface area contributed by atoms with Crippen molar-refractivity contribution in [3.8, 4) is 0 Å². The van der Waals surface area contributed by atoms with Gasteiger partial charge in [0, 0.05) is 17.8 Å². The molecule has 0 fully saturated rings. The molecule has 0 spiro atoms. The van der Waals surface area contributed by atoms with Crippen LogP contribution in [0.4, 0.5) is 10.5 Å². The SMILES string of the molecule is CN(CO)C(=O)Nc1ccc(Cl)cc1. The molecule has 0 radical (unpaired) electrons. The van der Waals surface area contributed by atoms with Crippen molar-refractivity contribution >= 4 is 23.3 Å². The molecule has 0 atom stereocenters. The Hall–Kier alpha value is -1.26. The topological polar surface area (TPSA) is 52.6 Å². The number of aliphatic hydroxyl groups is 1. The van der Waals surface area contributed by atoms with Crippen LogP contribution in [0.3, 0.4) is 0 Å². The number of halogens is 1. The first-order chi connectivity index (χ1) is 6.63. The zero-order chi connectivity index (χ0) is 10.6. The molecule has 0 heterocycles. The van der Waals surface area contributed by atoms with Gasteiger partial charge in [0.25, 0.3) is 0 Å². The predicted molar refractivity (Wildman–Crippen MR) is 55.3 cm³/mol. The molecule has 1 aromatic carbocycles. The molecule has 0 saturated carbocycles. The van der Waals surface area contributed by atoms with Crippen molar-refractivity contribution < 1.29 is 9.90 Å². The standard InChI is InChI=1S/C9H11ClN2O2/c1-12(6-13)9(14)11-8-4-2-7(10)3-5-8/h2-5,13H,6H2,1H3,(H,11,14). The van der Waals surface area contributed by atoms with E-state index in [1.807, 2.05) is 0 Å². The van der Waals surface area contributed by atoms with Crippen LogP contribution in [-0.2, 0) is 0 Å². The second-order valence-corrected chi connectivity index (χ2v) is 3.21. The summed E-state index contributed by atoms with van der Waals surface area (Å²) in [6.07, 6.45) is 0. The second-order valence-electron chi connectivity index (χ2n) is 2.78. The van der Waals surface area contributed by atoms with Crippen LogP contribution in [0.1, 0.15) is 0 Å². The normalized spacial score (nSPS) is 9.64. The van der Waals surface area contributed by atoms with Crippen LogP contribution in [0.5, 0.6) is 0 Å². The summed E-state index contributed by atoms with van der Waals surface area (Å²) >= 11 is 5.67. The van der Waals surface area contributed by atoms with E-state index < -0.39 is 0 Å². The molecule has 5 heteroatoms. The second kappa shape index (κ2) is 4.83. The molecule has 0 aliphatic heterocycles. The van der Waals surface area contributed by atoms with Crippen molar-refractivity contribution in [3.63, 3.8) is 0 Å².